The molecule has 0 radical (unpaired) electrons. The van der Waals surface area contributed by atoms with Crippen LogP contribution in [0.5, 0.6) is 0 Å². The molecule has 0 saturated carbocycles. The second kappa shape index (κ2) is 6.29. The molecule has 1 rings (SSSR count). The van der Waals surface area contributed by atoms with Gasteiger partial charge < -0.3 is 5.32 Å². The molecule has 0 unspecified atom stereocenters. The molecule has 0 aromatic rings. The van der Waals surface area contributed by atoms with Gasteiger partial charge >= 0.3 is 0 Å². The standard InChI is InChI=1S/C13H26N2/c1-11(2)5-8-15-9-6-13(7-10-15)14-12(3)4/h5,12-14H,6-10H2,1-4H3. The third kappa shape index (κ3) is 5.33. The van der Waals surface area contributed by atoms with Gasteiger partial charge in [-0.25, -0.2) is 0 Å². The Morgan fingerprint density at radius 3 is 2.40 bits per heavy atom. The molecule has 0 aliphatic carbocycles. The normalized spacial score (nSPS) is 19.5. The van der Waals surface area contributed by atoms with Crippen LogP contribution >= 0.6 is 0 Å². The zero-order chi connectivity index (χ0) is 11.3. The molecule has 0 bridgehead atoms. The van der Waals surface area contributed by atoms with Crippen molar-refractivity contribution in [3.05, 3.63) is 11.6 Å². The Balaban J connectivity index is 2.21. The van der Waals surface area contributed by atoms with Crippen LogP contribution in [0.1, 0.15) is 40.5 Å². The van der Waals surface area contributed by atoms with E-state index < -0.39 is 0 Å². The molecule has 2 nitrogen and oxygen atoms in total. The number of hydrogen-bond acceptors (Lipinski definition) is 2. The van der Waals surface area contributed by atoms with E-state index in [9.17, 15) is 0 Å². The number of allylic oxidation sites excluding steroid dienone is 1. The first-order valence-corrected chi connectivity index (χ1v) is 6.19. The first-order valence-electron chi connectivity index (χ1n) is 6.19. The van der Waals surface area contributed by atoms with Gasteiger partial charge in [0, 0.05) is 18.6 Å². The summed E-state index contributed by atoms with van der Waals surface area (Å²) in [6.07, 6.45) is 4.93. The molecular weight excluding hydrogens is 184 g/mol. The lowest BCUT2D eigenvalue weighted by atomic mass is 10.0. The summed E-state index contributed by atoms with van der Waals surface area (Å²) in [5, 5.41) is 3.63. The van der Waals surface area contributed by atoms with Crippen LogP contribution in [0.3, 0.4) is 0 Å². The Bertz CT molecular complexity index is 197. The topological polar surface area (TPSA) is 15.3 Å². The van der Waals surface area contributed by atoms with Crippen LogP contribution in [-0.2, 0) is 0 Å². The zero-order valence-corrected chi connectivity index (χ0v) is 10.7. The number of nitrogens with zero attached hydrogens (tertiary/aromatic N) is 1. The van der Waals surface area contributed by atoms with Crippen molar-refractivity contribution in [2.45, 2.75) is 52.6 Å². The van der Waals surface area contributed by atoms with Gasteiger partial charge in [-0.2, -0.15) is 0 Å². The molecule has 1 fully saturated rings. The fraction of sp³-hybridized carbons (Fsp3) is 0.846. The highest BCUT2D eigenvalue weighted by Gasteiger charge is 2.18. The number of piperidine rings is 1. The van der Waals surface area contributed by atoms with Crippen LogP contribution in [0.25, 0.3) is 0 Å². The minimum atomic E-state index is 0.624. The van der Waals surface area contributed by atoms with Gasteiger partial charge in [-0.05, 0) is 39.8 Å². The van der Waals surface area contributed by atoms with E-state index in [4.69, 9.17) is 0 Å². The van der Waals surface area contributed by atoms with E-state index in [1.165, 1.54) is 31.5 Å². The fourth-order valence-corrected chi connectivity index (χ4v) is 2.07. The molecule has 1 saturated heterocycles. The fourth-order valence-electron chi connectivity index (χ4n) is 2.07. The summed E-state index contributed by atoms with van der Waals surface area (Å²) in [6.45, 7) is 12.4. The lowest BCUT2D eigenvalue weighted by Crippen LogP contribution is -2.44. The SMILES string of the molecule is CC(C)=CCN1CCC(NC(C)C)CC1. The van der Waals surface area contributed by atoms with Crippen LogP contribution in [0.15, 0.2) is 11.6 Å². The minimum absolute atomic E-state index is 0.624. The third-order valence-corrected chi connectivity index (χ3v) is 2.91. The lowest BCUT2D eigenvalue weighted by molar-refractivity contribution is 0.210. The second-order valence-corrected chi connectivity index (χ2v) is 5.18. The molecule has 0 atom stereocenters. The van der Waals surface area contributed by atoms with Crippen molar-refractivity contribution in [2.75, 3.05) is 19.6 Å². The Labute approximate surface area is 94.7 Å². The molecule has 0 aromatic heterocycles. The summed E-state index contributed by atoms with van der Waals surface area (Å²) in [5.74, 6) is 0. The average molecular weight is 210 g/mol. The van der Waals surface area contributed by atoms with Crippen LogP contribution < -0.4 is 5.32 Å². The van der Waals surface area contributed by atoms with E-state index in [-0.39, 0.29) is 0 Å². The maximum Gasteiger partial charge on any atom is 0.0165 e. The van der Waals surface area contributed by atoms with Crippen molar-refractivity contribution in [2.24, 2.45) is 0 Å². The Morgan fingerprint density at radius 1 is 1.33 bits per heavy atom. The first-order chi connectivity index (χ1) is 7.08. The van der Waals surface area contributed by atoms with Crippen molar-refractivity contribution in [3.63, 3.8) is 0 Å². The lowest BCUT2D eigenvalue weighted by Gasteiger charge is -2.32. The third-order valence-electron chi connectivity index (χ3n) is 2.91. The molecule has 1 aliphatic heterocycles. The minimum Gasteiger partial charge on any atom is -0.312 e. The summed E-state index contributed by atoms with van der Waals surface area (Å²) in [7, 11) is 0. The number of hydrogen-bond donors (Lipinski definition) is 1. The molecule has 0 spiro atoms. The van der Waals surface area contributed by atoms with E-state index in [0.29, 0.717) is 6.04 Å². The first kappa shape index (κ1) is 12.7. The van der Waals surface area contributed by atoms with E-state index in [0.717, 1.165) is 12.6 Å². The van der Waals surface area contributed by atoms with Gasteiger partial charge in [0.1, 0.15) is 0 Å². The van der Waals surface area contributed by atoms with Gasteiger partial charge in [0.05, 0.1) is 0 Å². The second-order valence-electron chi connectivity index (χ2n) is 5.18. The van der Waals surface area contributed by atoms with Crippen molar-refractivity contribution in [1.82, 2.24) is 10.2 Å². The molecule has 15 heavy (non-hydrogen) atoms. The number of nitrogens with one attached hydrogen (secondary N) is 1. The van der Waals surface area contributed by atoms with Gasteiger partial charge in [0.25, 0.3) is 0 Å². The van der Waals surface area contributed by atoms with Crippen LogP contribution in [0.4, 0.5) is 0 Å². The predicted octanol–water partition coefficient (Wildman–Crippen LogP) is 2.42. The van der Waals surface area contributed by atoms with Gasteiger partial charge in [0.2, 0.25) is 0 Å². The average Bonchev–Trinajstić information content (AvgIpc) is 2.16. The monoisotopic (exact) mass is 210 g/mol. The van der Waals surface area contributed by atoms with Crippen molar-refractivity contribution in [3.8, 4) is 0 Å². The quantitative estimate of drug-likeness (QED) is 0.717. The number of rotatable bonds is 4. The maximum atomic E-state index is 3.63. The van der Waals surface area contributed by atoms with Crippen molar-refractivity contribution in [1.29, 1.82) is 0 Å². The van der Waals surface area contributed by atoms with E-state index in [1.807, 2.05) is 0 Å². The van der Waals surface area contributed by atoms with Gasteiger partial charge in [-0.3, -0.25) is 4.90 Å². The molecule has 2 heteroatoms. The van der Waals surface area contributed by atoms with Crippen molar-refractivity contribution < 1.29 is 0 Å². The predicted molar refractivity (Wildman–Crippen MR) is 67.2 cm³/mol. The van der Waals surface area contributed by atoms with Crippen LogP contribution in [0, 0.1) is 0 Å². The molecule has 1 heterocycles. The van der Waals surface area contributed by atoms with Gasteiger partial charge in [0.15, 0.2) is 0 Å². The summed E-state index contributed by atoms with van der Waals surface area (Å²) in [6, 6.07) is 1.37. The highest BCUT2D eigenvalue weighted by atomic mass is 15.1. The summed E-state index contributed by atoms with van der Waals surface area (Å²) >= 11 is 0. The Hall–Kier alpha value is -0.340. The molecule has 0 amide bonds. The van der Waals surface area contributed by atoms with E-state index in [1.54, 1.807) is 0 Å². The van der Waals surface area contributed by atoms with E-state index in [2.05, 4.69) is 44.0 Å². The van der Waals surface area contributed by atoms with E-state index >= 15 is 0 Å². The maximum absolute atomic E-state index is 3.63. The van der Waals surface area contributed by atoms with Crippen LogP contribution in [0.2, 0.25) is 0 Å². The number of likely N-dealkylation sites (tertiary alicyclic amines) is 1. The molecule has 88 valence electrons. The molecule has 1 aliphatic rings. The highest BCUT2D eigenvalue weighted by molar-refractivity contribution is 4.95. The molecule has 0 aromatic carbocycles. The smallest absolute Gasteiger partial charge is 0.0165 e. The van der Waals surface area contributed by atoms with Crippen molar-refractivity contribution >= 4 is 0 Å². The summed E-state index contributed by atoms with van der Waals surface area (Å²) in [4.78, 5) is 2.55. The highest BCUT2D eigenvalue weighted by Crippen LogP contribution is 2.11. The van der Waals surface area contributed by atoms with Gasteiger partial charge in [-0.15, -0.1) is 0 Å². The summed E-state index contributed by atoms with van der Waals surface area (Å²) in [5.41, 5.74) is 1.43. The Kier molecular flexibility index (Phi) is 5.34. The zero-order valence-electron chi connectivity index (χ0n) is 10.7. The molecular formula is C13H26N2. The van der Waals surface area contributed by atoms with Gasteiger partial charge in [-0.1, -0.05) is 25.5 Å². The largest absolute Gasteiger partial charge is 0.312 e. The molecule has 1 N–H and O–H groups in total. The summed E-state index contributed by atoms with van der Waals surface area (Å²) < 4.78 is 0. The van der Waals surface area contributed by atoms with Crippen LogP contribution in [-0.4, -0.2) is 36.6 Å². The Morgan fingerprint density at radius 2 is 1.93 bits per heavy atom.